The first-order valence-electron chi connectivity index (χ1n) is 9.42. The molecule has 1 atom stereocenters. The number of ether oxygens (including phenoxy) is 2. The van der Waals surface area contributed by atoms with E-state index < -0.39 is 0 Å². The molecule has 0 saturated carbocycles. The fourth-order valence-electron chi connectivity index (χ4n) is 3.37. The first-order chi connectivity index (χ1) is 14.2. The highest BCUT2D eigenvalue weighted by molar-refractivity contribution is 5.92. The SMILES string of the molecule is COc1cccc(Oc2cncc([C@@H]3CCCN(C(=O)c4cnccn4)C3)n2)c1. The summed E-state index contributed by atoms with van der Waals surface area (Å²) in [6.07, 6.45) is 9.71. The molecule has 4 rings (SSSR count). The van der Waals surface area contributed by atoms with Gasteiger partial charge in [-0.05, 0) is 25.0 Å². The van der Waals surface area contributed by atoms with Gasteiger partial charge in [0.25, 0.3) is 5.91 Å². The molecule has 0 aliphatic carbocycles. The summed E-state index contributed by atoms with van der Waals surface area (Å²) in [5, 5.41) is 0. The lowest BCUT2D eigenvalue weighted by Gasteiger charge is -2.32. The normalized spacial score (nSPS) is 16.3. The van der Waals surface area contributed by atoms with Crippen molar-refractivity contribution < 1.29 is 14.3 Å². The summed E-state index contributed by atoms with van der Waals surface area (Å²) in [7, 11) is 1.61. The Balaban J connectivity index is 1.48. The summed E-state index contributed by atoms with van der Waals surface area (Å²) in [5.41, 5.74) is 1.16. The van der Waals surface area contributed by atoms with E-state index in [2.05, 4.69) is 19.9 Å². The molecule has 0 bridgehead atoms. The molecule has 3 aromatic rings. The number of carbonyl (C=O) groups is 1. The Bertz CT molecular complexity index is 983. The molecule has 1 saturated heterocycles. The number of carbonyl (C=O) groups excluding carboxylic acids is 1. The van der Waals surface area contributed by atoms with Crippen LogP contribution < -0.4 is 9.47 Å². The average molecular weight is 391 g/mol. The van der Waals surface area contributed by atoms with Crippen molar-refractivity contribution >= 4 is 5.91 Å². The zero-order valence-corrected chi connectivity index (χ0v) is 16.1. The zero-order chi connectivity index (χ0) is 20.1. The number of benzene rings is 1. The lowest BCUT2D eigenvalue weighted by molar-refractivity contribution is 0.0699. The molecular formula is C21H21N5O3. The van der Waals surface area contributed by atoms with Gasteiger partial charge in [0.1, 0.15) is 17.2 Å². The van der Waals surface area contributed by atoms with Crippen molar-refractivity contribution in [2.75, 3.05) is 20.2 Å². The third kappa shape index (κ3) is 4.48. The van der Waals surface area contributed by atoms with E-state index in [1.165, 1.54) is 12.4 Å². The number of aromatic nitrogens is 4. The lowest BCUT2D eigenvalue weighted by atomic mass is 9.95. The second-order valence-corrected chi connectivity index (χ2v) is 6.74. The van der Waals surface area contributed by atoms with Crippen LogP contribution in [-0.2, 0) is 0 Å². The van der Waals surface area contributed by atoms with Gasteiger partial charge in [-0.15, -0.1) is 0 Å². The van der Waals surface area contributed by atoms with Gasteiger partial charge in [0.05, 0.1) is 25.2 Å². The number of nitrogens with zero attached hydrogens (tertiary/aromatic N) is 5. The molecule has 29 heavy (non-hydrogen) atoms. The van der Waals surface area contributed by atoms with Crippen LogP contribution in [0.1, 0.15) is 34.9 Å². The van der Waals surface area contributed by atoms with Crippen LogP contribution in [0.15, 0.2) is 55.2 Å². The molecule has 3 heterocycles. The first-order valence-corrected chi connectivity index (χ1v) is 9.42. The zero-order valence-electron chi connectivity index (χ0n) is 16.1. The van der Waals surface area contributed by atoms with Gasteiger partial charge in [0.15, 0.2) is 0 Å². The number of likely N-dealkylation sites (tertiary alicyclic amines) is 1. The Morgan fingerprint density at radius 3 is 2.86 bits per heavy atom. The molecule has 8 nitrogen and oxygen atoms in total. The molecule has 8 heteroatoms. The van der Waals surface area contributed by atoms with Crippen molar-refractivity contribution in [2.45, 2.75) is 18.8 Å². The van der Waals surface area contributed by atoms with E-state index in [-0.39, 0.29) is 11.8 Å². The third-order valence-electron chi connectivity index (χ3n) is 4.80. The van der Waals surface area contributed by atoms with E-state index in [0.717, 1.165) is 18.5 Å². The molecule has 148 valence electrons. The van der Waals surface area contributed by atoms with Gasteiger partial charge in [-0.2, -0.15) is 0 Å². The largest absolute Gasteiger partial charge is 0.497 e. The summed E-state index contributed by atoms with van der Waals surface area (Å²) in [6.45, 7) is 1.26. The van der Waals surface area contributed by atoms with Gasteiger partial charge >= 0.3 is 0 Å². The average Bonchev–Trinajstić information content (AvgIpc) is 2.79. The number of hydrogen-bond acceptors (Lipinski definition) is 7. The molecule has 0 spiro atoms. The maximum atomic E-state index is 12.7. The highest BCUT2D eigenvalue weighted by Crippen LogP contribution is 2.28. The maximum absolute atomic E-state index is 12.7. The lowest BCUT2D eigenvalue weighted by Crippen LogP contribution is -2.39. The van der Waals surface area contributed by atoms with Crippen molar-refractivity contribution in [3.8, 4) is 17.4 Å². The van der Waals surface area contributed by atoms with Gasteiger partial charge in [-0.1, -0.05) is 6.07 Å². The Morgan fingerprint density at radius 2 is 2.03 bits per heavy atom. The number of piperidine rings is 1. The molecule has 0 N–H and O–H groups in total. The molecule has 1 aliphatic heterocycles. The summed E-state index contributed by atoms with van der Waals surface area (Å²) in [6, 6.07) is 7.32. The number of hydrogen-bond donors (Lipinski definition) is 0. The molecule has 0 radical (unpaired) electrons. The standard InChI is InChI=1S/C21H21N5O3/c1-28-16-5-2-6-17(10-16)29-20-13-23-11-18(25-20)15-4-3-9-26(14-15)21(27)19-12-22-7-8-24-19/h2,5-8,10-13,15H,3-4,9,14H2,1H3/t15-/m1/s1. The predicted molar refractivity (Wildman–Crippen MR) is 105 cm³/mol. The summed E-state index contributed by atoms with van der Waals surface area (Å²) in [5.74, 6) is 1.72. The number of rotatable bonds is 5. The van der Waals surface area contributed by atoms with E-state index >= 15 is 0 Å². The van der Waals surface area contributed by atoms with Crippen molar-refractivity contribution in [1.82, 2.24) is 24.8 Å². The molecular weight excluding hydrogens is 370 g/mol. The van der Waals surface area contributed by atoms with Gasteiger partial charge in [0.2, 0.25) is 5.88 Å². The van der Waals surface area contributed by atoms with E-state index in [1.54, 1.807) is 36.7 Å². The molecule has 0 unspecified atom stereocenters. The van der Waals surface area contributed by atoms with Crippen LogP contribution in [0.5, 0.6) is 17.4 Å². The minimum Gasteiger partial charge on any atom is -0.497 e. The van der Waals surface area contributed by atoms with Crippen LogP contribution in [-0.4, -0.2) is 50.9 Å². The molecule has 1 aliphatic rings. The van der Waals surface area contributed by atoms with E-state index in [0.29, 0.717) is 36.2 Å². The summed E-state index contributed by atoms with van der Waals surface area (Å²) in [4.78, 5) is 31.5. The Labute approximate surface area is 168 Å². The van der Waals surface area contributed by atoms with Crippen LogP contribution >= 0.6 is 0 Å². The van der Waals surface area contributed by atoms with Crippen LogP contribution in [0, 0.1) is 0 Å². The predicted octanol–water partition coefficient (Wildman–Crippen LogP) is 3.09. The van der Waals surface area contributed by atoms with Gasteiger partial charge in [-0.25, -0.2) is 9.97 Å². The van der Waals surface area contributed by atoms with Crippen molar-refractivity contribution in [3.05, 3.63) is 66.6 Å². The van der Waals surface area contributed by atoms with Crippen LogP contribution in [0.4, 0.5) is 0 Å². The monoisotopic (exact) mass is 391 g/mol. The second-order valence-electron chi connectivity index (χ2n) is 6.74. The van der Waals surface area contributed by atoms with Crippen molar-refractivity contribution in [3.63, 3.8) is 0 Å². The Kier molecular flexibility index (Phi) is 5.60. The smallest absolute Gasteiger partial charge is 0.274 e. The quantitative estimate of drug-likeness (QED) is 0.660. The number of amides is 1. The fraction of sp³-hybridized carbons (Fsp3) is 0.286. The Hall–Kier alpha value is -3.55. The fourth-order valence-corrected chi connectivity index (χ4v) is 3.37. The highest BCUT2D eigenvalue weighted by atomic mass is 16.5. The number of methoxy groups -OCH3 is 1. The first kappa shape index (κ1) is 18.8. The third-order valence-corrected chi connectivity index (χ3v) is 4.80. The minimum atomic E-state index is -0.112. The van der Waals surface area contributed by atoms with Crippen LogP contribution in [0.3, 0.4) is 0 Å². The van der Waals surface area contributed by atoms with E-state index in [4.69, 9.17) is 9.47 Å². The minimum absolute atomic E-state index is 0.0886. The molecule has 1 amide bonds. The topological polar surface area (TPSA) is 90.3 Å². The van der Waals surface area contributed by atoms with Gasteiger partial charge in [0, 0.05) is 43.7 Å². The second kappa shape index (κ2) is 8.64. The van der Waals surface area contributed by atoms with Crippen LogP contribution in [0.2, 0.25) is 0 Å². The Morgan fingerprint density at radius 1 is 1.14 bits per heavy atom. The summed E-state index contributed by atoms with van der Waals surface area (Å²) >= 11 is 0. The highest BCUT2D eigenvalue weighted by Gasteiger charge is 2.27. The van der Waals surface area contributed by atoms with Crippen molar-refractivity contribution in [2.24, 2.45) is 0 Å². The molecule has 1 aromatic carbocycles. The van der Waals surface area contributed by atoms with Crippen molar-refractivity contribution in [1.29, 1.82) is 0 Å². The van der Waals surface area contributed by atoms with Gasteiger partial charge < -0.3 is 14.4 Å². The summed E-state index contributed by atoms with van der Waals surface area (Å²) < 4.78 is 11.1. The van der Waals surface area contributed by atoms with E-state index in [9.17, 15) is 4.79 Å². The maximum Gasteiger partial charge on any atom is 0.274 e. The molecule has 2 aromatic heterocycles. The van der Waals surface area contributed by atoms with Gasteiger partial charge in [-0.3, -0.25) is 14.8 Å². The molecule has 1 fully saturated rings. The van der Waals surface area contributed by atoms with Crippen LogP contribution in [0.25, 0.3) is 0 Å². The van der Waals surface area contributed by atoms with E-state index in [1.807, 2.05) is 18.2 Å².